The topological polar surface area (TPSA) is 152 Å². The quantitative estimate of drug-likeness (QED) is 0.171. The van der Waals surface area contributed by atoms with E-state index in [9.17, 15) is 24.3 Å². The number of piperidine rings is 1. The van der Waals surface area contributed by atoms with Crippen molar-refractivity contribution in [2.75, 3.05) is 40.5 Å². The third-order valence-corrected chi connectivity index (χ3v) is 9.01. The zero-order chi connectivity index (χ0) is 33.9. The minimum atomic E-state index is -1.70. The van der Waals surface area contributed by atoms with Crippen LogP contribution in [0.5, 0.6) is 17.2 Å². The van der Waals surface area contributed by atoms with Gasteiger partial charge in [-0.1, -0.05) is 39.0 Å². The molecule has 0 radical (unpaired) electrons. The number of aryl methyl sites for hydroxylation is 1. The molecule has 46 heavy (non-hydrogen) atoms. The molecule has 0 aliphatic carbocycles. The summed E-state index contributed by atoms with van der Waals surface area (Å²) in [6, 6.07) is 12.4. The van der Waals surface area contributed by atoms with Crippen molar-refractivity contribution in [3.8, 4) is 17.2 Å². The number of carboxylic acid groups (broad SMARTS) is 1. The molecule has 1 aliphatic rings. The number of methoxy groups -OCH3 is 2. The molecule has 1 saturated heterocycles. The van der Waals surface area contributed by atoms with Crippen molar-refractivity contribution in [3.05, 3.63) is 53.6 Å². The zero-order valence-corrected chi connectivity index (χ0v) is 27.6. The lowest BCUT2D eigenvalue weighted by Crippen LogP contribution is -2.64. The van der Waals surface area contributed by atoms with E-state index in [1.54, 1.807) is 58.4 Å². The third-order valence-electron chi connectivity index (χ3n) is 9.01. The van der Waals surface area contributed by atoms with E-state index < -0.39 is 34.5 Å². The van der Waals surface area contributed by atoms with Crippen molar-refractivity contribution in [2.45, 2.75) is 77.2 Å². The number of aliphatic carboxylic acids is 1. The molecule has 2 atom stereocenters. The first-order valence-corrected chi connectivity index (χ1v) is 15.9. The van der Waals surface area contributed by atoms with E-state index in [2.05, 4.69) is 5.32 Å². The second-order valence-electron chi connectivity index (χ2n) is 12.3. The summed E-state index contributed by atoms with van der Waals surface area (Å²) in [6.45, 7) is 5.39. The van der Waals surface area contributed by atoms with E-state index in [4.69, 9.17) is 19.3 Å². The van der Waals surface area contributed by atoms with E-state index in [0.717, 1.165) is 5.56 Å². The maximum absolute atomic E-state index is 13.9. The van der Waals surface area contributed by atoms with Crippen molar-refractivity contribution >= 4 is 23.6 Å². The number of carbonyl (C=O) groups excluding carboxylic acids is 3. The Hall–Kier alpha value is -4.12. The number of carboxylic acids is 1. The van der Waals surface area contributed by atoms with Crippen LogP contribution in [0.15, 0.2) is 42.5 Å². The SMILES string of the molecule is CCC(C)(C)C(=O)C(=O)N1CCCC[C@@]1(C(=O)O)[C@H](CCc1ccc(OC)c(OC)c1)c1cccc(OCC(=O)NCCCO)c1. The second-order valence-corrected chi connectivity index (χ2v) is 12.3. The van der Waals surface area contributed by atoms with Crippen LogP contribution in [0.3, 0.4) is 0 Å². The molecule has 11 nitrogen and oxygen atoms in total. The van der Waals surface area contributed by atoms with Gasteiger partial charge in [-0.25, -0.2) is 4.79 Å². The molecule has 2 aromatic rings. The summed E-state index contributed by atoms with van der Waals surface area (Å²) < 4.78 is 16.6. The number of rotatable bonds is 17. The summed E-state index contributed by atoms with van der Waals surface area (Å²) in [5, 5.41) is 22.7. The molecule has 0 unspecified atom stereocenters. The van der Waals surface area contributed by atoms with Crippen LogP contribution >= 0.6 is 0 Å². The van der Waals surface area contributed by atoms with Gasteiger partial charge >= 0.3 is 5.97 Å². The van der Waals surface area contributed by atoms with E-state index in [1.807, 2.05) is 19.1 Å². The Balaban J connectivity index is 2.07. The lowest BCUT2D eigenvalue weighted by Gasteiger charge is -2.49. The minimum absolute atomic E-state index is 0.0414. The molecular weight excluding hydrogens is 592 g/mol. The molecule has 1 heterocycles. The monoisotopic (exact) mass is 640 g/mol. The fourth-order valence-electron chi connectivity index (χ4n) is 5.94. The number of Topliss-reactive ketones (excluding diaryl/α,β-unsaturated/α-hetero) is 1. The van der Waals surface area contributed by atoms with Gasteiger partial charge in [0.05, 0.1) is 14.2 Å². The maximum atomic E-state index is 13.9. The Morgan fingerprint density at radius 2 is 1.78 bits per heavy atom. The Bertz CT molecular complexity index is 1380. The van der Waals surface area contributed by atoms with E-state index in [0.29, 0.717) is 67.9 Å². The molecule has 2 amide bonds. The Kier molecular flexibility index (Phi) is 13.0. The molecule has 1 aliphatic heterocycles. The number of ketones is 1. The van der Waals surface area contributed by atoms with E-state index >= 15 is 0 Å². The highest BCUT2D eigenvalue weighted by Gasteiger charge is 2.55. The summed E-state index contributed by atoms with van der Waals surface area (Å²) in [4.78, 5) is 54.5. The molecule has 3 N–H and O–H groups in total. The Labute approximate surface area is 271 Å². The van der Waals surface area contributed by atoms with Crippen molar-refractivity contribution < 1.29 is 43.6 Å². The van der Waals surface area contributed by atoms with Crippen LogP contribution in [0.4, 0.5) is 0 Å². The van der Waals surface area contributed by atoms with Crippen LogP contribution < -0.4 is 19.5 Å². The van der Waals surface area contributed by atoms with Gasteiger partial charge in [-0.2, -0.15) is 0 Å². The fourth-order valence-corrected chi connectivity index (χ4v) is 5.94. The number of nitrogens with zero attached hydrogens (tertiary/aromatic N) is 1. The molecule has 11 heteroatoms. The highest BCUT2D eigenvalue weighted by molar-refractivity contribution is 6.38. The van der Waals surface area contributed by atoms with Crippen molar-refractivity contribution in [1.82, 2.24) is 10.2 Å². The summed E-state index contributed by atoms with van der Waals surface area (Å²) in [5.74, 6) is -2.18. The van der Waals surface area contributed by atoms with Crippen LogP contribution in [-0.4, -0.2) is 84.7 Å². The third kappa shape index (κ3) is 8.37. The molecule has 0 saturated carbocycles. The van der Waals surface area contributed by atoms with Crippen molar-refractivity contribution in [3.63, 3.8) is 0 Å². The molecule has 0 spiro atoms. The first-order valence-electron chi connectivity index (χ1n) is 15.9. The first kappa shape index (κ1) is 36.3. The molecule has 1 fully saturated rings. The van der Waals surface area contributed by atoms with Crippen molar-refractivity contribution in [2.24, 2.45) is 5.41 Å². The van der Waals surface area contributed by atoms with Crippen LogP contribution in [0.1, 0.15) is 76.3 Å². The van der Waals surface area contributed by atoms with Crippen molar-refractivity contribution in [1.29, 1.82) is 0 Å². The normalized spacial score (nSPS) is 17.1. The van der Waals surface area contributed by atoms with Gasteiger partial charge in [0.1, 0.15) is 11.3 Å². The van der Waals surface area contributed by atoms with Crippen LogP contribution in [-0.2, 0) is 25.6 Å². The predicted octanol–water partition coefficient (Wildman–Crippen LogP) is 4.14. The van der Waals surface area contributed by atoms with Gasteiger partial charge in [0, 0.05) is 31.0 Å². The standard InChI is InChI=1S/C35H48N2O9/c1-6-34(2,3)31(40)32(41)37-19-8-7-17-35(37,33(42)43)27(15-13-24-14-16-28(44-4)29(21-24)45-5)25-11-9-12-26(22-25)46-23-30(39)36-18-10-20-38/h9,11-12,14,16,21-22,27,38H,6-8,10,13,15,17-20,23H2,1-5H3,(H,36,39)(H,42,43)/t27-,35+/m1/s1. The number of ether oxygens (including phenoxy) is 3. The van der Waals surface area contributed by atoms with Crippen LogP contribution in [0.25, 0.3) is 0 Å². The average Bonchev–Trinajstić information content (AvgIpc) is 3.06. The summed E-state index contributed by atoms with van der Waals surface area (Å²) >= 11 is 0. The number of carbonyl (C=O) groups is 4. The van der Waals surface area contributed by atoms with Gasteiger partial charge in [-0.3, -0.25) is 14.4 Å². The maximum Gasteiger partial charge on any atom is 0.330 e. The summed E-state index contributed by atoms with van der Waals surface area (Å²) in [5.41, 5.74) is -1.15. The number of hydrogen-bond acceptors (Lipinski definition) is 8. The van der Waals surface area contributed by atoms with Gasteiger partial charge in [-0.05, 0) is 80.3 Å². The fraction of sp³-hybridized carbons (Fsp3) is 0.543. The number of aliphatic hydroxyl groups excluding tert-OH is 1. The van der Waals surface area contributed by atoms with Gasteiger partial charge in [-0.15, -0.1) is 0 Å². The number of aliphatic hydroxyl groups is 1. The second kappa shape index (κ2) is 16.4. The lowest BCUT2D eigenvalue weighted by molar-refractivity contribution is -0.168. The van der Waals surface area contributed by atoms with E-state index in [-0.39, 0.29) is 32.1 Å². The molecule has 2 aromatic carbocycles. The molecule has 3 rings (SSSR count). The zero-order valence-electron chi connectivity index (χ0n) is 27.6. The first-order chi connectivity index (χ1) is 21.9. The molecular formula is C35H48N2O9. The lowest BCUT2D eigenvalue weighted by atomic mass is 9.69. The average molecular weight is 641 g/mol. The highest BCUT2D eigenvalue weighted by atomic mass is 16.5. The number of benzene rings is 2. The van der Waals surface area contributed by atoms with Gasteiger partial charge in [0.2, 0.25) is 5.78 Å². The number of amides is 2. The van der Waals surface area contributed by atoms with Gasteiger partial charge in [0.15, 0.2) is 18.1 Å². The summed E-state index contributed by atoms with van der Waals surface area (Å²) in [6.07, 6.45) is 2.93. The molecule has 252 valence electrons. The summed E-state index contributed by atoms with van der Waals surface area (Å²) in [7, 11) is 3.09. The smallest absolute Gasteiger partial charge is 0.330 e. The highest BCUT2D eigenvalue weighted by Crippen LogP contribution is 2.45. The number of nitrogens with one attached hydrogen (secondary N) is 1. The number of likely N-dealkylation sites (tertiary alicyclic amines) is 1. The van der Waals surface area contributed by atoms with Crippen LogP contribution in [0, 0.1) is 5.41 Å². The largest absolute Gasteiger partial charge is 0.493 e. The Morgan fingerprint density at radius 3 is 2.43 bits per heavy atom. The molecule has 0 bridgehead atoms. The van der Waals surface area contributed by atoms with Crippen LogP contribution in [0.2, 0.25) is 0 Å². The predicted molar refractivity (Wildman–Crippen MR) is 172 cm³/mol. The Morgan fingerprint density at radius 1 is 1.04 bits per heavy atom. The van der Waals surface area contributed by atoms with Gasteiger partial charge < -0.3 is 34.6 Å². The van der Waals surface area contributed by atoms with E-state index in [1.165, 1.54) is 4.90 Å². The minimum Gasteiger partial charge on any atom is -0.493 e. The number of hydrogen-bond donors (Lipinski definition) is 3. The molecule has 0 aromatic heterocycles. The van der Waals surface area contributed by atoms with Gasteiger partial charge in [0.25, 0.3) is 11.8 Å².